The van der Waals surface area contributed by atoms with E-state index in [0.29, 0.717) is 13.0 Å². The van der Waals surface area contributed by atoms with Crippen LogP contribution in [0.4, 0.5) is 4.79 Å². The molecule has 1 atom stereocenters. The van der Waals surface area contributed by atoms with Crippen LogP contribution in [-0.2, 0) is 0 Å². The summed E-state index contributed by atoms with van der Waals surface area (Å²) in [5.41, 5.74) is 0.0678. The van der Waals surface area contributed by atoms with Gasteiger partial charge in [-0.2, -0.15) is 0 Å². The Morgan fingerprint density at radius 2 is 1.96 bits per heavy atom. The van der Waals surface area contributed by atoms with Gasteiger partial charge in [-0.1, -0.05) is 33.6 Å². The van der Waals surface area contributed by atoms with Crippen LogP contribution < -0.4 is 5.32 Å². The lowest BCUT2D eigenvalue weighted by Crippen LogP contribution is -2.49. The van der Waals surface area contributed by atoms with Crippen molar-refractivity contribution in [1.29, 1.82) is 0 Å². The predicted molar refractivity (Wildman–Crippen MR) is 93.5 cm³/mol. The van der Waals surface area contributed by atoms with Gasteiger partial charge in [0.25, 0.3) is 0 Å². The van der Waals surface area contributed by atoms with E-state index in [-0.39, 0.29) is 24.1 Å². The maximum Gasteiger partial charge on any atom is 0.317 e. The zero-order valence-electron chi connectivity index (χ0n) is 15.2. The number of hydrogen-bond donors (Lipinski definition) is 2. The van der Waals surface area contributed by atoms with Crippen molar-refractivity contribution >= 4 is 6.03 Å². The average Bonchev–Trinajstić information content (AvgIpc) is 3.12. The smallest absolute Gasteiger partial charge is 0.317 e. The highest BCUT2D eigenvalue weighted by molar-refractivity contribution is 5.74. The van der Waals surface area contributed by atoms with Gasteiger partial charge in [0.15, 0.2) is 0 Å². The van der Waals surface area contributed by atoms with Gasteiger partial charge in [-0.25, -0.2) is 4.79 Å². The lowest BCUT2D eigenvalue weighted by Gasteiger charge is -2.31. The van der Waals surface area contributed by atoms with E-state index in [4.69, 9.17) is 5.11 Å². The van der Waals surface area contributed by atoms with Gasteiger partial charge in [0.1, 0.15) is 0 Å². The Labute approximate surface area is 141 Å². The monoisotopic (exact) mass is 325 g/mol. The molecule has 5 heteroatoms. The predicted octanol–water partition coefficient (Wildman–Crippen LogP) is 2.44. The first-order valence-electron chi connectivity index (χ1n) is 9.29. The highest BCUT2D eigenvalue weighted by atomic mass is 16.3. The number of aliphatic hydroxyl groups excluding tert-OH is 1. The number of urea groups is 1. The molecule has 5 nitrogen and oxygen atoms in total. The number of nitrogens with zero attached hydrogens (tertiary/aromatic N) is 2. The maximum absolute atomic E-state index is 12.6. The molecular formula is C18H35N3O2. The van der Waals surface area contributed by atoms with Crippen LogP contribution in [-0.4, -0.2) is 65.8 Å². The number of carbonyl (C=O) groups is 1. The Morgan fingerprint density at radius 1 is 1.26 bits per heavy atom. The highest BCUT2D eigenvalue weighted by Crippen LogP contribution is 2.26. The second kappa shape index (κ2) is 8.34. The fourth-order valence-corrected chi connectivity index (χ4v) is 3.86. The standard InChI is InChI=1S/C18H35N3O2/c1-18(2,3)14-21(10-6-12-22)17(23)19-15-9-11-20(13-15)16-7-4-5-8-16/h15-16,22H,4-14H2,1-3H3,(H,19,23). The summed E-state index contributed by atoms with van der Waals surface area (Å²) in [6.07, 6.45) is 7.08. The lowest BCUT2D eigenvalue weighted by molar-refractivity contribution is 0.161. The zero-order chi connectivity index (χ0) is 16.9. The van der Waals surface area contributed by atoms with Gasteiger partial charge >= 0.3 is 6.03 Å². The third-order valence-corrected chi connectivity index (χ3v) is 4.93. The zero-order valence-corrected chi connectivity index (χ0v) is 15.2. The fourth-order valence-electron chi connectivity index (χ4n) is 3.86. The number of nitrogens with one attached hydrogen (secondary N) is 1. The molecule has 0 bridgehead atoms. The summed E-state index contributed by atoms with van der Waals surface area (Å²) in [5, 5.41) is 12.3. The molecule has 134 valence electrons. The summed E-state index contributed by atoms with van der Waals surface area (Å²) >= 11 is 0. The number of likely N-dealkylation sites (tertiary alicyclic amines) is 1. The molecule has 0 aromatic rings. The van der Waals surface area contributed by atoms with Gasteiger partial charge in [-0.15, -0.1) is 0 Å². The molecule has 1 unspecified atom stereocenters. The largest absolute Gasteiger partial charge is 0.396 e. The SMILES string of the molecule is CC(C)(C)CN(CCCO)C(=O)NC1CCN(C2CCCC2)C1. The molecule has 1 aliphatic carbocycles. The van der Waals surface area contributed by atoms with Crippen LogP contribution in [0.25, 0.3) is 0 Å². The van der Waals surface area contributed by atoms with Crippen LogP contribution in [0.5, 0.6) is 0 Å². The van der Waals surface area contributed by atoms with Gasteiger partial charge in [0.05, 0.1) is 0 Å². The van der Waals surface area contributed by atoms with Crippen molar-refractivity contribution in [2.24, 2.45) is 5.41 Å². The molecular weight excluding hydrogens is 290 g/mol. The van der Waals surface area contributed by atoms with Crippen LogP contribution in [0.1, 0.15) is 59.3 Å². The first-order valence-corrected chi connectivity index (χ1v) is 9.29. The number of hydrogen-bond acceptors (Lipinski definition) is 3. The second-order valence-corrected chi connectivity index (χ2v) is 8.43. The molecule has 1 aliphatic heterocycles. The topological polar surface area (TPSA) is 55.8 Å². The lowest BCUT2D eigenvalue weighted by atomic mass is 9.96. The molecule has 1 heterocycles. The van der Waals surface area contributed by atoms with Crippen LogP contribution in [0.3, 0.4) is 0 Å². The van der Waals surface area contributed by atoms with E-state index in [2.05, 4.69) is 31.0 Å². The van der Waals surface area contributed by atoms with Gasteiger partial charge in [-0.3, -0.25) is 4.90 Å². The number of carbonyl (C=O) groups excluding carboxylic acids is 1. The summed E-state index contributed by atoms with van der Waals surface area (Å²) in [7, 11) is 0. The summed E-state index contributed by atoms with van der Waals surface area (Å²) in [4.78, 5) is 17.1. The van der Waals surface area contributed by atoms with Gasteiger partial charge < -0.3 is 15.3 Å². The quantitative estimate of drug-likeness (QED) is 0.789. The van der Waals surface area contributed by atoms with Crippen LogP contribution >= 0.6 is 0 Å². The van der Waals surface area contributed by atoms with E-state index in [1.807, 2.05) is 4.90 Å². The second-order valence-electron chi connectivity index (χ2n) is 8.43. The molecule has 23 heavy (non-hydrogen) atoms. The van der Waals surface area contributed by atoms with E-state index < -0.39 is 0 Å². The van der Waals surface area contributed by atoms with Crippen LogP contribution in [0.2, 0.25) is 0 Å². The molecule has 2 fully saturated rings. The van der Waals surface area contributed by atoms with Crippen molar-refractivity contribution in [1.82, 2.24) is 15.1 Å². The Morgan fingerprint density at radius 3 is 2.57 bits per heavy atom. The molecule has 1 saturated heterocycles. The molecule has 1 saturated carbocycles. The minimum atomic E-state index is 0.0339. The number of aliphatic hydroxyl groups is 1. The molecule has 0 radical (unpaired) electrons. The Kier molecular flexibility index (Phi) is 6.72. The Hall–Kier alpha value is -0.810. The highest BCUT2D eigenvalue weighted by Gasteiger charge is 2.31. The Balaban J connectivity index is 1.82. The van der Waals surface area contributed by atoms with Gasteiger partial charge in [0, 0.05) is 44.9 Å². The van der Waals surface area contributed by atoms with Crippen molar-refractivity contribution in [2.75, 3.05) is 32.8 Å². The minimum Gasteiger partial charge on any atom is -0.396 e. The summed E-state index contributed by atoms with van der Waals surface area (Å²) in [6.45, 7) is 10.0. The van der Waals surface area contributed by atoms with Crippen molar-refractivity contribution in [3.63, 3.8) is 0 Å². The first-order chi connectivity index (χ1) is 10.9. The van der Waals surface area contributed by atoms with Crippen LogP contribution in [0, 0.1) is 5.41 Å². The molecule has 2 N–H and O–H groups in total. The van der Waals surface area contributed by atoms with Crippen molar-refractivity contribution in [3.05, 3.63) is 0 Å². The van der Waals surface area contributed by atoms with Crippen molar-refractivity contribution in [3.8, 4) is 0 Å². The van der Waals surface area contributed by atoms with Crippen LogP contribution in [0.15, 0.2) is 0 Å². The third-order valence-electron chi connectivity index (χ3n) is 4.93. The molecule has 2 aliphatic rings. The van der Waals surface area contributed by atoms with E-state index >= 15 is 0 Å². The molecule has 0 aromatic heterocycles. The minimum absolute atomic E-state index is 0.0339. The molecule has 0 spiro atoms. The van der Waals surface area contributed by atoms with Gasteiger partial charge in [0.2, 0.25) is 0 Å². The number of rotatable bonds is 6. The normalized spacial score (nSPS) is 23.4. The fraction of sp³-hybridized carbons (Fsp3) is 0.944. The molecule has 2 rings (SSSR count). The van der Waals surface area contributed by atoms with Crippen molar-refractivity contribution in [2.45, 2.75) is 71.4 Å². The molecule has 2 amide bonds. The van der Waals surface area contributed by atoms with Gasteiger partial charge in [-0.05, 0) is 31.1 Å². The van der Waals surface area contributed by atoms with E-state index in [1.54, 1.807) is 0 Å². The molecule has 0 aromatic carbocycles. The summed E-state index contributed by atoms with van der Waals surface area (Å²) < 4.78 is 0. The van der Waals surface area contributed by atoms with E-state index in [9.17, 15) is 4.79 Å². The summed E-state index contributed by atoms with van der Waals surface area (Å²) in [6, 6.07) is 1.06. The summed E-state index contributed by atoms with van der Waals surface area (Å²) in [5.74, 6) is 0. The maximum atomic E-state index is 12.6. The van der Waals surface area contributed by atoms with E-state index in [1.165, 1.54) is 25.7 Å². The average molecular weight is 325 g/mol. The third kappa shape index (κ3) is 5.96. The first kappa shape index (κ1) is 18.5. The van der Waals surface area contributed by atoms with E-state index in [0.717, 1.165) is 32.1 Å². The Bertz CT molecular complexity index is 375. The van der Waals surface area contributed by atoms with Crippen molar-refractivity contribution < 1.29 is 9.90 Å². The number of amides is 2.